The van der Waals surface area contributed by atoms with Crippen molar-refractivity contribution in [3.05, 3.63) is 34.3 Å². The molecule has 2 heteroatoms. The van der Waals surface area contributed by atoms with Gasteiger partial charge in [-0.15, -0.1) is 0 Å². The Morgan fingerprint density at radius 1 is 1.20 bits per heavy atom. The van der Waals surface area contributed by atoms with Crippen LogP contribution >= 0.6 is 11.6 Å². The van der Waals surface area contributed by atoms with E-state index in [1.165, 1.54) is 0 Å². The molecule has 1 aromatic carbocycles. The van der Waals surface area contributed by atoms with Gasteiger partial charge >= 0.3 is 0 Å². The quantitative estimate of drug-likeness (QED) is 0.829. The van der Waals surface area contributed by atoms with E-state index in [1.807, 2.05) is 19.1 Å². The molecule has 1 aromatic rings. The summed E-state index contributed by atoms with van der Waals surface area (Å²) in [5.74, 6) is 1.05. The molecular weight excluding hydrogens is 206 g/mol. The number of hydrogen-bond acceptors (Lipinski definition) is 1. The van der Waals surface area contributed by atoms with Crippen LogP contribution in [0, 0.1) is 18.8 Å². The van der Waals surface area contributed by atoms with Crippen molar-refractivity contribution in [2.75, 3.05) is 0 Å². The van der Waals surface area contributed by atoms with Gasteiger partial charge in [-0.05, 0) is 36.0 Å². The van der Waals surface area contributed by atoms with Gasteiger partial charge in [0.2, 0.25) is 0 Å². The third kappa shape index (κ3) is 2.96. The Morgan fingerprint density at radius 2 is 1.80 bits per heavy atom. The van der Waals surface area contributed by atoms with Gasteiger partial charge < -0.3 is 5.73 Å². The second-order valence-corrected chi connectivity index (χ2v) is 5.04. The van der Waals surface area contributed by atoms with Crippen molar-refractivity contribution in [1.29, 1.82) is 0 Å². The van der Waals surface area contributed by atoms with E-state index in [0.29, 0.717) is 11.8 Å². The van der Waals surface area contributed by atoms with Crippen LogP contribution in [0.2, 0.25) is 5.02 Å². The van der Waals surface area contributed by atoms with Gasteiger partial charge in [0.05, 0.1) is 0 Å². The molecule has 2 atom stereocenters. The average molecular weight is 226 g/mol. The molecule has 0 aliphatic heterocycles. The summed E-state index contributed by atoms with van der Waals surface area (Å²) in [6, 6.07) is 6.17. The van der Waals surface area contributed by atoms with Gasteiger partial charge in [0.25, 0.3) is 0 Å². The van der Waals surface area contributed by atoms with E-state index in [9.17, 15) is 0 Å². The van der Waals surface area contributed by atoms with E-state index < -0.39 is 0 Å². The van der Waals surface area contributed by atoms with Gasteiger partial charge in [-0.2, -0.15) is 0 Å². The number of nitrogens with two attached hydrogens (primary N) is 1. The van der Waals surface area contributed by atoms with Crippen molar-refractivity contribution in [2.45, 2.75) is 33.7 Å². The normalized spacial score (nSPS) is 15.4. The lowest BCUT2D eigenvalue weighted by Gasteiger charge is -2.24. The van der Waals surface area contributed by atoms with Crippen molar-refractivity contribution in [2.24, 2.45) is 17.6 Å². The highest BCUT2D eigenvalue weighted by molar-refractivity contribution is 6.31. The zero-order valence-electron chi connectivity index (χ0n) is 9.92. The number of rotatable bonds is 3. The van der Waals surface area contributed by atoms with Crippen LogP contribution in [-0.4, -0.2) is 0 Å². The van der Waals surface area contributed by atoms with E-state index in [1.54, 1.807) is 0 Å². The number of halogens is 1. The fourth-order valence-corrected chi connectivity index (χ4v) is 1.72. The van der Waals surface area contributed by atoms with Crippen molar-refractivity contribution < 1.29 is 0 Å². The van der Waals surface area contributed by atoms with Gasteiger partial charge in [-0.25, -0.2) is 0 Å². The Morgan fingerprint density at radius 3 is 2.27 bits per heavy atom. The SMILES string of the molecule is Cc1ccc(C(N)C(C)C(C)C)cc1Cl. The third-order valence-electron chi connectivity index (χ3n) is 3.20. The standard InChI is InChI=1S/C13H20ClN/c1-8(2)10(4)13(15)11-6-5-9(3)12(14)7-11/h5-8,10,13H,15H2,1-4H3. The van der Waals surface area contributed by atoms with Crippen molar-refractivity contribution >= 4 is 11.6 Å². The van der Waals surface area contributed by atoms with E-state index in [2.05, 4.69) is 26.8 Å². The predicted molar refractivity (Wildman–Crippen MR) is 67.1 cm³/mol. The van der Waals surface area contributed by atoms with Gasteiger partial charge in [0.15, 0.2) is 0 Å². The Hall–Kier alpha value is -0.530. The van der Waals surface area contributed by atoms with Crippen LogP contribution in [0.3, 0.4) is 0 Å². The Balaban J connectivity index is 2.91. The lowest BCUT2D eigenvalue weighted by Crippen LogP contribution is -2.23. The smallest absolute Gasteiger partial charge is 0.0438 e. The summed E-state index contributed by atoms with van der Waals surface area (Å²) in [6.07, 6.45) is 0. The molecule has 1 rings (SSSR count). The second-order valence-electron chi connectivity index (χ2n) is 4.64. The second kappa shape index (κ2) is 5.00. The molecule has 0 amide bonds. The summed E-state index contributed by atoms with van der Waals surface area (Å²) in [7, 11) is 0. The summed E-state index contributed by atoms with van der Waals surface area (Å²) in [6.45, 7) is 8.58. The van der Waals surface area contributed by atoms with Crippen molar-refractivity contribution in [1.82, 2.24) is 0 Å². The largest absolute Gasteiger partial charge is 0.324 e. The molecule has 0 heterocycles. The van der Waals surface area contributed by atoms with Crippen LogP contribution in [0.4, 0.5) is 0 Å². The number of aryl methyl sites for hydroxylation is 1. The van der Waals surface area contributed by atoms with Crippen LogP contribution in [-0.2, 0) is 0 Å². The van der Waals surface area contributed by atoms with Crippen LogP contribution in [0.5, 0.6) is 0 Å². The maximum Gasteiger partial charge on any atom is 0.0438 e. The lowest BCUT2D eigenvalue weighted by atomic mass is 9.86. The molecule has 0 fully saturated rings. The summed E-state index contributed by atoms with van der Waals surface area (Å²) in [5, 5.41) is 0.805. The molecule has 0 aromatic heterocycles. The average Bonchev–Trinajstić information content (AvgIpc) is 2.19. The van der Waals surface area contributed by atoms with Gasteiger partial charge in [0.1, 0.15) is 0 Å². The van der Waals surface area contributed by atoms with Crippen molar-refractivity contribution in [3.63, 3.8) is 0 Å². The summed E-state index contributed by atoms with van der Waals surface area (Å²) >= 11 is 6.09. The van der Waals surface area contributed by atoms with Crippen LogP contribution in [0.1, 0.15) is 37.9 Å². The minimum Gasteiger partial charge on any atom is -0.324 e. The minimum atomic E-state index is 0.0723. The zero-order valence-corrected chi connectivity index (χ0v) is 10.7. The van der Waals surface area contributed by atoms with Gasteiger partial charge in [-0.1, -0.05) is 44.5 Å². The molecule has 0 radical (unpaired) electrons. The zero-order chi connectivity index (χ0) is 11.6. The topological polar surface area (TPSA) is 26.0 Å². The predicted octanol–water partition coefficient (Wildman–Crippen LogP) is 3.94. The van der Waals surface area contributed by atoms with Crippen LogP contribution in [0.25, 0.3) is 0 Å². The third-order valence-corrected chi connectivity index (χ3v) is 3.61. The lowest BCUT2D eigenvalue weighted by molar-refractivity contribution is 0.352. The summed E-state index contributed by atoms with van der Waals surface area (Å²) in [4.78, 5) is 0. The molecule has 2 unspecified atom stereocenters. The summed E-state index contributed by atoms with van der Waals surface area (Å²) < 4.78 is 0. The molecule has 0 aliphatic rings. The first-order valence-corrected chi connectivity index (χ1v) is 5.83. The fraction of sp³-hybridized carbons (Fsp3) is 0.538. The van der Waals surface area contributed by atoms with Crippen LogP contribution in [0.15, 0.2) is 18.2 Å². The van der Waals surface area contributed by atoms with Gasteiger partial charge in [0, 0.05) is 11.1 Å². The minimum absolute atomic E-state index is 0.0723. The Labute approximate surface area is 97.6 Å². The molecule has 0 aliphatic carbocycles. The maximum absolute atomic E-state index is 6.20. The number of benzene rings is 1. The highest BCUT2D eigenvalue weighted by Crippen LogP contribution is 2.28. The summed E-state index contributed by atoms with van der Waals surface area (Å²) in [5.41, 5.74) is 8.43. The maximum atomic E-state index is 6.20. The Kier molecular flexibility index (Phi) is 4.18. The molecular formula is C13H20ClN. The molecule has 0 bridgehead atoms. The first-order chi connectivity index (χ1) is 6.93. The van der Waals surface area contributed by atoms with E-state index in [4.69, 9.17) is 17.3 Å². The highest BCUT2D eigenvalue weighted by Gasteiger charge is 2.18. The fourth-order valence-electron chi connectivity index (χ4n) is 1.53. The Bertz CT molecular complexity index is 333. The first-order valence-electron chi connectivity index (χ1n) is 5.45. The van der Waals surface area contributed by atoms with E-state index in [-0.39, 0.29) is 6.04 Å². The molecule has 2 N–H and O–H groups in total. The van der Waals surface area contributed by atoms with Crippen LogP contribution < -0.4 is 5.73 Å². The molecule has 84 valence electrons. The molecule has 1 nitrogen and oxygen atoms in total. The molecule has 0 spiro atoms. The first kappa shape index (κ1) is 12.5. The molecule has 0 saturated heterocycles. The molecule has 15 heavy (non-hydrogen) atoms. The van der Waals surface area contributed by atoms with Crippen molar-refractivity contribution in [3.8, 4) is 0 Å². The monoisotopic (exact) mass is 225 g/mol. The van der Waals surface area contributed by atoms with E-state index in [0.717, 1.165) is 16.1 Å². The number of hydrogen-bond donors (Lipinski definition) is 1. The highest BCUT2D eigenvalue weighted by atomic mass is 35.5. The van der Waals surface area contributed by atoms with Gasteiger partial charge in [-0.3, -0.25) is 0 Å². The molecule has 0 saturated carbocycles. The van der Waals surface area contributed by atoms with E-state index >= 15 is 0 Å².